The lowest BCUT2D eigenvalue weighted by molar-refractivity contribution is 1.56. The van der Waals surface area contributed by atoms with E-state index in [2.05, 4.69) is 41.4 Å². The molecule has 3 heteroatoms. The molecule has 5 rings (SSSR count). The SMILES string of the molecule is Clc1cc2[nH]c3cc(Cl)c4ccccc4c3c2c2ccccc12. The van der Waals surface area contributed by atoms with Crippen LogP contribution in [-0.2, 0) is 0 Å². The van der Waals surface area contributed by atoms with Crippen molar-refractivity contribution in [1.29, 1.82) is 0 Å². The van der Waals surface area contributed by atoms with Crippen LogP contribution >= 0.6 is 23.2 Å². The van der Waals surface area contributed by atoms with Gasteiger partial charge in [-0.3, -0.25) is 0 Å². The van der Waals surface area contributed by atoms with Gasteiger partial charge < -0.3 is 4.98 Å². The highest BCUT2D eigenvalue weighted by atomic mass is 35.5. The molecule has 0 aliphatic rings. The van der Waals surface area contributed by atoms with Crippen LogP contribution in [0.5, 0.6) is 0 Å². The zero-order valence-electron chi connectivity index (χ0n) is 12.0. The topological polar surface area (TPSA) is 15.8 Å². The van der Waals surface area contributed by atoms with E-state index in [0.29, 0.717) is 0 Å². The van der Waals surface area contributed by atoms with Gasteiger partial charge in [0.2, 0.25) is 0 Å². The first-order valence-corrected chi connectivity index (χ1v) is 8.19. The van der Waals surface area contributed by atoms with Gasteiger partial charge >= 0.3 is 0 Å². The molecule has 4 aromatic carbocycles. The van der Waals surface area contributed by atoms with Gasteiger partial charge in [-0.2, -0.15) is 0 Å². The van der Waals surface area contributed by atoms with E-state index >= 15 is 0 Å². The minimum Gasteiger partial charge on any atom is -0.354 e. The Morgan fingerprint density at radius 1 is 0.565 bits per heavy atom. The van der Waals surface area contributed by atoms with E-state index in [0.717, 1.165) is 42.6 Å². The van der Waals surface area contributed by atoms with Crippen LogP contribution in [-0.4, -0.2) is 4.98 Å². The number of fused-ring (bicyclic) bond motifs is 7. The molecule has 0 aliphatic carbocycles. The molecular formula is C20H11Cl2N. The summed E-state index contributed by atoms with van der Waals surface area (Å²) in [6, 6.07) is 20.5. The van der Waals surface area contributed by atoms with Crippen LogP contribution in [0.4, 0.5) is 0 Å². The van der Waals surface area contributed by atoms with Gasteiger partial charge in [-0.05, 0) is 22.9 Å². The van der Waals surface area contributed by atoms with Crippen LogP contribution in [0.2, 0.25) is 10.0 Å². The largest absolute Gasteiger partial charge is 0.354 e. The van der Waals surface area contributed by atoms with Crippen molar-refractivity contribution in [2.75, 3.05) is 0 Å². The standard InChI is InChI=1S/C20H11Cl2N/c21-15-9-17-19(13-7-3-1-5-11(13)15)20-14-8-4-2-6-12(14)16(22)10-18(20)23-17/h1-10,23H. The van der Waals surface area contributed by atoms with Crippen molar-refractivity contribution in [3.8, 4) is 0 Å². The summed E-state index contributed by atoms with van der Waals surface area (Å²) >= 11 is 12.9. The van der Waals surface area contributed by atoms with Crippen molar-refractivity contribution in [3.05, 3.63) is 70.7 Å². The Bertz CT molecular complexity index is 1140. The quantitative estimate of drug-likeness (QED) is 0.315. The lowest BCUT2D eigenvalue weighted by atomic mass is 10.00. The minimum atomic E-state index is 0.759. The van der Waals surface area contributed by atoms with Gasteiger partial charge in [0.15, 0.2) is 0 Å². The summed E-state index contributed by atoms with van der Waals surface area (Å²) in [6.07, 6.45) is 0. The fourth-order valence-electron chi connectivity index (χ4n) is 3.54. The molecule has 1 aromatic heterocycles. The predicted molar refractivity (Wildman–Crippen MR) is 101 cm³/mol. The highest BCUT2D eigenvalue weighted by molar-refractivity contribution is 6.41. The van der Waals surface area contributed by atoms with Crippen molar-refractivity contribution >= 4 is 66.6 Å². The van der Waals surface area contributed by atoms with Crippen LogP contribution in [0.1, 0.15) is 0 Å². The Labute approximate surface area is 142 Å². The van der Waals surface area contributed by atoms with Crippen LogP contribution in [0, 0.1) is 0 Å². The van der Waals surface area contributed by atoms with E-state index < -0.39 is 0 Å². The van der Waals surface area contributed by atoms with Crippen LogP contribution < -0.4 is 0 Å². The summed E-state index contributed by atoms with van der Waals surface area (Å²) in [7, 11) is 0. The third-order valence-corrected chi connectivity index (χ3v) is 5.13. The third kappa shape index (κ3) is 1.75. The molecule has 110 valence electrons. The van der Waals surface area contributed by atoms with Gasteiger partial charge in [-0.25, -0.2) is 0 Å². The molecule has 0 bridgehead atoms. The van der Waals surface area contributed by atoms with Gasteiger partial charge in [0.1, 0.15) is 0 Å². The maximum absolute atomic E-state index is 6.47. The number of hydrogen-bond donors (Lipinski definition) is 1. The highest BCUT2D eigenvalue weighted by Gasteiger charge is 2.14. The first-order valence-electron chi connectivity index (χ1n) is 7.44. The Kier molecular flexibility index (Phi) is 2.67. The second-order valence-corrected chi connectivity index (χ2v) is 6.59. The maximum Gasteiger partial charge on any atom is 0.0505 e. The molecule has 0 aliphatic heterocycles. The first-order chi connectivity index (χ1) is 11.2. The molecule has 1 nitrogen and oxygen atoms in total. The Hall–Kier alpha value is -2.22. The third-order valence-electron chi connectivity index (χ3n) is 4.51. The van der Waals surface area contributed by atoms with E-state index in [1.165, 1.54) is 10.8 Å². The second kappa shape index (κ2) is 4.64. The minimum absolute atomic E-state index is 0.759. The Morgan fingerprint density at radius 2 is 0.957 bits per heavy atom. The molecule has 0 radical (unpaired) electrons. The zero-order chi connectivity index (χ0) is 15.6. The van der Waals surface area contributed by atoms with Crippen LogP contribution in [0.25, 0.3) is 43.4 Å². The normalized spacial score (nSPS) is 11.9. The summed E-state index contributed by atoms with van der Waals surface area (Å²) in [6.45, 7) is 0. The molecule has 23 heavy (non-hydrogen) atoms. The molecule has 0 saturated carbocycles. The average molecular weight is 336 g/mol. The fourth-order valence-corrected chi connectivity index (χ4v) is 4.09. The van der Waals surface area contributed by atoms with Crippen LogP contribution in [0.3, 0.4) is 0 Å². The molecule has 0 unspecified atom stereocenters. The molecule has 0 spiro atoms. The van der Waals surface area contributed by atoms with E-state index in [-0.39, 0.29) is 0 Å². The highest BCUT2D eigenvalue weighted by Crippen LogP contribution is 2.41. The lowest BCUT2D eigenvalue weighted by Gasteiger charge is -2.05. The zero-order valence-corrected chi connectivity index (χ0v) is 13.5. The Morgan fingerprint density at radius 3 is 1.39 bits per heavy atom. The molecule has 0 saturated heterocycles. The molecule has 1 heterocycles. The summed E-state index contributed by atoms with van der Waals surface area (Å²) in [5.74, 6) is 0. The number of halogens is 2. The fraction of sp³-hybridized carbons (Fsp3) is 0. The summed E-state index contributed by atoms with van der Waals surface area (Å²) in [4.78, 5) is 3.48. The Balaban J connectivity index is 2.18. The molecule has 1 N–H and O–H groups in total. The van der Waals surface area contributed by atoms with Crippen molar-refractivity contribution in [3.63, 3.8) is 0 Å². The van der Waals surface area contributed by atoms with Gasteiger partial charge in [0, 0.05) is 32.6 Å². The van der Waals surface area contributed by atoms with Crippen LogP contribution in [0.15, 0.2) is 60.7 Å². The van der Waals surface area contributed by atoms with E-state index in [9.17, 15) is 0 Å². The van der Waals surface area contributed by atoms with Gasteiger partial charge in [-0.1, -0.05) is 71.7 Å². The monoisotopic (exact) mass is 335 g/mol. The van der Waals surface area contributed by atoms with Gasteiger partial charge in [0.05, 0.1) is 10.0 Å². The number of rotatable bonds is 0. The van der Waals surface area contributed by atoms with E-state index in [1.54, 1.807) is 0 Å². The predicted octanol–water partition coefficient (Wildman–Crippen LogP) is 6.93. The smallest absolute Gasteiger partial charge is 0.0505 e. The molecule has 5 aromatic rings. The van der Waals surface area contributed by atoms with Crippen molar-refractivity contribution in [2.45, 2.75) is 0 Å². The number of nitrogens with one attached hydrogen (secondary N) is 1. The average Bonchev–Trinajstić information content (AvgIpc) is 2.93. The second-order valence-electron chi connectivity index (χ2n) is 5.78. The molecule has 0 fully saturated rings. The molecule has 0 amide bonds. The molecular weight excluding hydrogens is 325 g/mol. The maximum atomic E-state index is 6.47. The van der Waals surface area contributed by atoms with Crippen molar-refractivity contribution in [1.82, 2.24) is 4.98 Å². The number of aromatic nitrogens is 1. The summed E-state index contributed by atoms with van der Waals surface area (Å²) in [5.41, 5.74) is 2.08. The van der Waals surface area contributed by atoms with Crippen molar-refractivity contribution < 1.29 is 0 Å². The van der Waals surface area contributed by atoms with Crippen molar-refractivity contribution in [2.24, 2.45) is 0 Å². The number of benzene rings is 4. The number of H-pyrrole nitrogens is 1. The van der Waals surface area contributed by atoms with Gasteiger partial charge in [-0.15, -0.1) is 0 Å². The summed E-state index contributed by atoms with van der Waals surface area (Å²) in [5, 5.41) is 8.39. The summed E-state index contributed by atoms with van der Waals surface area (Å²) < 4.78 is 0. The lowest BCUT2D eigenvalue weighted by Crippen LogP contribution is -1.79. The van der Waals surface area contributed by atoms with E-state index in [4.69, 9.17) is 23.2 Å². The van der Waals surface area contributed by atoms with Gasteiger partial charge in [0.25, 0.3) is 0 Å². The number of aromatic amines is 1. The first kappa shape index (κ1) is 13.2. The van der Waals surface area contributed by atoms with E-state index in [1.807, 2.05) is 24.3 Å². The molecule has 0 atom stereocenters. The number of hydrogen-bond acceptors (Lipinski definition) is 0.